The van der Waals surface area contributed by atoms with E-state index in [1.54, 1.807) is 0 Å². The molecule has 3 N–H and O–H groups in total. The molecule has 6 nitrogen and oxygen atoms in total. The molecule has 0 radical (unpaired) electrons. The van der Waals surface area contributed by atoms with Gasteiger partial charge in [0.2, 0.25) is 10.0 Å². The summed E-state index contributed by atoms with van der Waals surface area (Å²) in [6.45, 7) is 0.0565. The first-order valence-corrected chi connectivity index (χ1v) is 8.55. The molecule has 1 fully saturated rings. The molecule has 1 aromatic heterocycles. The van der Waals surface area contributed by atoms with E-state index in [4.69, 9.17) is 18.0 Å². The van der Waals surface area contributed by atoms with Gasteiger partial charge in [-0.1, -0.05) is 25.1 Å². The van der Waals surface area contributed by atoms with Crippen LogP contribution < -0.4 is 5.73 Å². The first kappa shape index (κ1) is 16.3. The van der Waals surface area contributed by atoms with Gasteiger partial charge in [0.25, 0.3) is 0 Å². The van der Waals surface area contributed by atoms with E-state index in [1.165, 1.54) is 25.4 Å². The topological polar surface area (TPSA) is 96.5 Å². The Hall–Kier alpha value is -1.09. The molecule has 0 aromatic carbocycles. The fourth-order valence-electron chi connectivity index (χ4n) is 2.64. The van der Waals surface area contributed by atoms with E-state index in [9.17, 15) is 13.5 Å². The Kier molecular flexibility index (Phi) is 4.62. The van der Waals surface area contributed by atoms with Crippen LogP contribution in [0, 0.1) is 0 Å². The summed E-state index contributed by atoms with van der Waals surface area (Å²) in [7, 11) is -2.35. The Morgan fingerprint density at radius 3 is 2.71 bits per heavy atom. The maximum absolute atomic E-state index is 12.6. The van der Waals surface area contributed by atoms with Crippen molar-refractivity contribution in [2.75, 3.05) is 13.6 Å². The Morgan fingerprint density at radius 2 is 2.14 bits per heavy atom. The molecule has 0 atom stereocenters. The van der Waals surface area contributed by atoms with Crippen LogP contribution in [0.5, 0.6) is 0 Å². The van der Waals surface area contributed by atoms with Crippen LogP contribution >= 0.6 is 12.2 Å². The lowest BCUT2D eigenvalue weighted by Crippen LogP contribution is -2.42. The van der Waals surface area contributed by atoms with Crippen molar-refractivity contribution in [3.8, 4) is 0 Å². The van der Waals surface area contributed by atoms with Crippen molar-refractivity contribution in [3.63, 3.8) is 0 Å². The van der Waals surface area contributed by atoms with Gasteiger partial charge in [0.15, 0.2) is 0 Å². The molecule has 1 aromatic rings. The molecule has 0 unspecified atom stereocenters. The maximum atomic E-state index is 12.6. The average molecular weight is 329 g/mol. The Balaban J connectivity index is 2.31. The van der Waals surface area contributed by atoms with Gasteiger partial charge in [-0.15, -0.1) is 0 Å². The molecule has 0 bridgehead atoms. The first-order chi connectivity index (χ1) is 9.76. The predicted molar refractivity (Wildman–Crippen MR) is 83.4 cm³/mol. The van der Waals surface area contributed by atoms with E-state index in [-0.39, 0.29) is 22.1 Å². The molecule has 1 aliphatic rings. The minimum absolute atomic E-state index is 0.0263. The molecule has 116 valence electrons. The molecule has 0 aliphatic heterocycles. The highest BCUT2D eigenvalue weighted by molar-refractivity contribution is 7.89. The zero-order valence-corrected chi connectivity index (χ0v) is 13.5. The Bertz CT molecular complexity index is 640. The van der Waals surface area contributed by atoms with Gasteiger partial charge < -0.3 is 10.8 Å². The van der Waals surface area contributed by atoms with Crippen LogP contribution in [-0.2, 0) is 10.0 Å². The highest BCUT2D eigenvalue weighted by Gasteiger charge is 2.36. The normalized spacial score (nSPS) is 18.0. The van der Waals surface area contributed by atoms with Gasteiger partial charge >= 0.3 is 0 Å². The first-order valence-electron chi connectivity index (χ1n) is 6.70. The van der Waals surface area contributed by atoms with Crippen molar-refractivity contribution in [1.29, 1.82) is 0 Å². The van der Waals surface area contributed by atoms with Crippen LogP contribution in [0.25, 0.3) is 0 Å². The molecule has 1 heterocycles. The molecule has 1 aliphatic carbocycles. The monoisotopic (exact) mass is 329 g/mol. The third kappa shape index (κ3) is 3.39. The summed E-state index contributed by atoms with van der Waals surface area (Å²) in [4.78, 5) is 3.85. The van der Waals surface area contributed by atoms with Gasteiger partial charge in [-0.2, -0.15) is 4.31 Å². The molecule has 1 saturated carbocycles. The number of aromatic nitrogens is 1. The summed E-state index contributed by atoms with van der Waals surface area (Å²) < 4.78 is 26.4. The van der Waals surface area contributed by atoms with E-state index < -0.39 is 15.6 Å². The van der Waals surface area contributed by atoms with Gasteiger partial charge in [0.05, 0.1) is 5.60 Å². The number of pyridine rings is 1. The largest absolute Gasteiger partial charge is 0.389 e. The maximum Gasteiger partial charge on any atom is 0.245 e. The van der Waals surface area contributed by atoms with Gasteiger partial charge in [0.1, 0.15) is 15.6 Å². The standard InChI is InChI=1S/C13H19N3O3S2/c1-16(9-13(17)6-2-3-7-13)21(18,19)10-5-4-8-15-11(10)12(14)20/h4-5,8,17H,2-3,6-7,9H2,1H3,(H2,14,20). The summed E-state index contributed by atoms with van der Waals surface area (Å²) in [5.41, 5.74) is 4.67. The lowest BCUT2D eigenvalue weighted by Gasteiger charge is -2.28. The summed E-state index contributed by atoms with van der Waals surface area (Å²) >= 11 is 4.85. The number of sulfonamides is 1. The number of likely N-dealkylation sites (N-methyl/N-ethyl adjacent to an activating group) is 1. The third-order valence-electron chi connectivity index (χ3n) is 3.74. The van der Waals surface area contributed by atoms with Crippen LogP contribution in [0.15, 0.2) is 23.2 Å². The minimum atomic E-state index is -3.80. The molecular weight excluding hydrogens is 310 g/mol. The second-order valence-corrected chi connectivity index (χ2v) is 7.86. The Labute approximate surface area is 130 Å². The zero-order chi connectivity index (χ0) is 15.7. The SMILES string of the molecule is CN(CC1(O)CCCC1)S(=O)(=O)c1cccnc1C(N)=S. The van der Waals surface area contributed by atoms with Crippen molar-refractivity contribution in [2.24, 2.45) is 5.73 Å². The summed E-state index contributed by atoms with van der Waals surface area (Å²) in [5, 5.41) is 10.4. The van der Waals surface area contributed by atoms with Crippen LogP contribution in [0.1, 0.15) is 31.4 Å². The predicted octanol–water partition coefficient (Wildman–Crippen LogP) is 0.641. The molecule has 0 spiro atoms. The second-order valence-electron chi connectivity index (χ2n) is 5.41. The van der Waals surface area contributed by atoms with Crippen LogP contribution in [0.2, 0.25) is 0 Å². The van der Waals surface area contributed by atoms with Crippen molar-refractivity contribution < 1.29 is 13.5 Å². The second kappa shape index (κ2) is 5.96. The van der Waals surface area contributed by atoms with Crippen LogP contribution in [0.4, 0.5) is 0 Å². The van der Waals surface area contributed by atoms with Gasteiger partial charge in [0, 0.05) is 19.8 Å². The lowest BCUT2D eigenvalue weighted by molar-refractivity contribution is 0.0333. The van der Waals surface area contributed by atoms with E-state index in [1.807, 2.05) is 0 Å². The highest BCUT2D eigenvalue weighted by atomic mass is 32.2. The third-order valence-corrected chi connectivity index (χ3v) is 5.77. The molecule has 2 rings (SSSR count). The number of thiocarbonyl (C=S) groups is 1. The van der Waals surface area contributed by atoms with E-state index in [0.717, 1.165) is 17.1 Å². The smallest absolute Gasteiger partial charge is 0.245 e. The highest BCUT2D eigenvalue weighted by Crippen LogP contribution is 2.31. The molecular formula is C13H19N3O3S2. The van der Waals surface area contributed by atoms with Gasteiger partial charge in [-0.25, -0.2) is 8.42 Å². The van der Waals surface area contributed by atoms with Gasteiger partial charge in [-0.05, 0) is 25.0 Å². The zero-order valence-electron chi connectivity index (χ0n) is 11.8. The van der Waals surface area contributed by atoms with Crippen molar-refractivity contribution in [3.05, 3.63) is 24.0 Å². The number of hydrogen-bond donors (Lipinski definition) is 2. The van der Waals surface area contributed by atoms with E-state index >= 15 is 0 Å². The van der Waals surface area contributed by atoms with E-state index in [0.29, 0.717) is 12.8 Å². The average Bonchev–Trinajstić information content (AvgIpc) is 2.85. The molecule has 8 heteroatoms. The van der Waals surface area contributed by atoms with Crippen molar-refractivity contribution >= 4 is 27.2 Å². The van der Waals surface area contributed by atoms with Crippen LogP contribution in [-0.4, -0.2) is 47.0 Å². The fourth-order valence-corrected chi connectivity index (χ4v) is 4.27. The number of aliphatic hydroxyl groups is 1. The molecule has 21 heavy (non-hydrogen) atoms. The number of hydrogen-bond acceptors (Lipinski definition) is 5. The quantitative estimate of drug-likeness (QED) is 0.770. The molecule has 0 saturated heterocycles. The number of rotatable bonds is 5. The van der Waals surface area contributed by atoms with Crippen molar-refractivity contribution in [1.82, 2.24) is 9.29 Å². The number of nitrogens with zero attached hydrogens (tertiary/aromatic N) is 2. The summed E-state index contributed by atoms with van der Waals surface area (Å²) in [6.07, 6.45) is 4.49. The fraction of sp³-hybridized carbons (Fsp3) is 0.538. The van der Waals surface area contributed by atoms with E-state index in [2.05, 4.69) is 4.98 Å². The lowest BCUT2D eigenvalue weighted by atomic mass is 10.0. The minimum Gasteiger partial charge on any atom is -0.389 e. The molecule has 0 amide bonds. The van der Waals surface area contributed by atoms with Crippen LogP contribution in [0.3, 0.4) is 0 Å². The van der Waals surface area contributed by atoms with Gasteiger partial charge in [-0.3, -0.25) is 4.98 Å². The number of nitrogens with two attached hydrogens (primary N) is 1. The Morgan fingerprint density at radius 1 is 1.52 bits per heavy atom. The summed E-state index contributed by atoms with van der Waals surface area (Å²) in [6, 6.07) is 2.94. The summed E-state index contributed by atoms with van der Waals surface area (Å²) in [5.74, 6) is 0. The van der Waals surface area contributed by atoms with Crippen molar-refractivity contribution in [2.45, 2.75) is 36.2 Å².